The molecule has 1 heterocycles. The van der Waals surface area contributed by atoms with E-state index in [2.05, 4.69) is 34.8 Å². The van der Waals surface area contributed by atoms with Crippen LogP contribution in [0.25, 0.3) is 0 Å². The molecule has 1 aromatic carbocycles. The summed E-state index contributed by atoms with van der Waals surface area (Å²) in [6.45, 7) is 5.51. The number of aryl methyl sites for hydroxylation is 2. The Balaban J connectivity index is 1.65. The summed E-state index contributed by atoms with van der Waals surface area (Å²) < 4.78 is 5.39. The normalized spacial score (nSPS) is 16.0. The summed E-state index contributed by atoms with van der Waals surface area (Å²) in [5, 5.41) is 4.24. The number of benzene rings is 1. The van der Waals surface area contributed by atoms with E-state index >= 15 is 0 Å². The third-order valence-electron chi connectivity index (χ3n) is 5.02. The maximum Gasteiger partial charge on any atom is 0.274 e. The number of nitrogens with one attached hydrogen (secondary N) is 1. The topological polar surface area (TPSA) is 54.6 Å². The van der Waals surface area contributed by atoms with Gasteiger partial charge in [0.15, 0.2) is 0 Å². The fraction of sp³-hybridized carbons (Fsp3) is 0.429. The number of hydrogen-bond donors (Lipinski definition) is 1. The third kappa shape index (κ3) is 4.19. The molecule has 1 fully saturated rings. The molecule has 0 aliphatic heterocycles. The SMILES string of the molecule is CC(=NNC(=O)c1cc(C)oc1C)c1ccc(C2CCCCC2)cc1. The molecule has 1 aliphatic carbocycles. The lowest BCUT2D eigenvalue weighted by atomic mass is 9.84. The molecule has 25 heavy (non-hydrogen) atoms. The van der Waals surface area contributed by atoms with Gasteiger partial charge in [-0.1, -0.05) is 43.5 Å². The van der Waals surface area contributed by atoms with E-state index in [0.717, 1.165) is 17.0 Å². The third-order valence-corrected chi connectivity index (χ3v) is 5.02. The van der Waals surface area contributed by atoms with Crippen LogP contribution in [-0.4, -0.2) is 11.6 Å². The molecule has 3 rings (SSSR count). The van der Waals surface area contributed by atoms with Crippen LogP contribution in [0.15, 0.2) is 39.9 Å². The van der Waals surface area contributed by atoms with Gasteiger partial charge in [0.2, 0.25) is 0 Å². The van der Waals surface area contributed by atoms with Crippen LogP contribution in [0.2, 0.25) is 0 Å². The average molecular weight is 338 g/mol. The Morgan fingerprint density at radius 2 is 1.80 bits per heavy atom. The van der Waals surface area contributed by atoms with Crippen LogP contribution < -0.4 is 5.43 Å². The van der Waals surface area contributed by atoms with E-state index < -0.39 is 0 Å². The Hall–Kier alpha value is -2.36. The van der Waals surface area contributed by atoms with Gasteiger partial charge in [0, 0.05) is 0 Å². The summed E-state index contributed by atoms with van der Waals surface area (Å²) in [7, 11) is 0. The van der Waals surface area contributed by atoms with Gasteiger partial charge in [0.1, 0.15) is 11.5 Å². The molecule has 0 unspecified atom stereocenters. The Bertz CT molecular complexity index is 766. The number of hydrogen-bond acceptors (Lipinski definition) is 3. The minimum absolute atomic E-state index is 0.243. The fourth-order valence-electron chi connectivity index (χ4n) is 3.55. The van der Waals surface area contributed by atoms with Crippen molar-refractivity contribution in [1.82, 2.24) is 5.43 Å². The quantitative estimate of drug-likeness (QED) is 0.623. The van der Waals surface area contributed by atoms with E-state index in [0.29, 0.717) is 17.2 Å². The summed E-state index contributed by atoms with van der Waals surface area (Å²) in [5.41, 5.74) is 6.39. The highest BCUT2D eigenvalue weighted by Gasteiger charge is 2.16. The molecule has 2 aromatic rings. The Labute approximate surface area is 149 Å². The van der Waals surface area contributed by atoms with Gasteiger partial charge in [-0.3, -0.25) is 4.79 Å². The van der Waals surface area contributed by atoms with Crippen LogP contribution >= 0.6 is 0 Å². The van der Waals surface area contributed by atoms with Gasteiger partial charge in [0.25, 0.3) is 5.91 Å². The minimum Gasteiger partial charge on any atom is -0.466 e. The Kier molecular flexibility index (Phi) is 5.37. The minimum atomic E-state index is -0.243. The number of carbonyl (C=O) groups excluding carboxylic acids is 1. The molecule has 1 aliphatic rings. The molecule has 0 radical (unpaired) electrons. The molecule has 0 atom stereocenters. The van der Waals surface area contributed by atoms with Crippen LogP contribution in [0.3, 0.4) is 0 Å². The second-order valence-electron chi connectivity index (χ2n) is 6.92. The molecule has 1 saturated carbocycles. The average Bonchev–Trinajstić information content (AvgIpc) is 2.98. The maximum absolute atomic E-state index is 12.2. The molecule has 132 valence electrons. The van der Waals surface area contributed by atoms with Gasteiger partial charge in [-0.05, 0) is 56.7 Å². The fourth-order valence-corrected chi connectivity index (χ4v) is 3.55. The first-order valence-corrected chi connectivity index (χ1v) is 9.06. The number of furan rings is 1. The molecule has 0 bridgehead atoms. The second-order valence-corrected chi connectivity index (χ2v) is 6.92. The maximum atomic E-state index is 12.2. The predicted octanol–water partition coefficient (Wildman–Crippen LogP) is 5.10. The second kappa shape index (κ2) is 7.68. The summed E-state index contributed by atoms with van der Waals surface area (Å²) >= 11 is 0. The summed E-state index contributed by atoms with van der Waals surface area (Å²) in [6.07, 6.45) is 6.64. The highest BCUT2D eigenvalue weighted by Crippen LogP contribution is 2.32. The highest BCUT2D eigenvalue weighted by molar-refractivity contribution is 6.01. The van der Waals surface area contributed by atoms with Crippen LogP contribution in [0.5, 0.6) is 0 Å². The standard InChI is InChI=1S/C21H26N2O2/c1-14-13-20(16(3)25-14)21(24)23-22-15(2)17-9-11-19(12-10-17)18-7-5-4-6-8-18/h9-13,18H,4-8H2,1-3H3,(H,23,24). The van der Waals surface area contributed by atoms with Crippen molar-refractivity contribution in [2.24, 2.45) is 5.10 Å². The van der Waals surface area contributed by atoms with Crippen LogP contribution in [0.4, 0.5) is 0 Å². The first-order valence-electron chi connectivity index (χ1n) is 9.06. The molecule has 1 aromatic heterocycles. The van der Waals surface area contributed by atoms with Gasteiger partial charge in [-0.15, -0.1) is 0 Å². The van der Waals surface area contributed by atoms with Gasteiger partial charge >= 0.3 is 0 Å². The zero-order valence-electron chi connectivity index (χ0n) is 15.3. The van der Waals surface area contributed by atoms with Crippen molar-refractivity contribution in [2.75, 3.05) is 0 Å². The predicted molar refractivity (Wildman–Crippen MR) is 100 cm³/mol. The smallest absolute Gasteiger partial charge is 0.274 e. The van der Waals surface area contributed by atoms with Crippen molar-refractivity contribution in [2.45, 2.75) is 58.8 Å². The van der Waals surface area contributed by atoms with E-state index in [1.807, 2.05) is 13.8 Å². The molecule has 1 amide bonds. The summed E-state index contributed by atoms with van der Waals surface area (Å²) in [6, 6.07) is 10.3. The lowest BCUT2D eigenvalue weighted by Gasteiger charge is -2.22. The lowest BCUT2D eigenvalue weighted by Crippen LogP contribution is -2.19. The van der Waals surface area contributed by atoms with Crippen molar-refractivity contribution in [1.29, 1.82) is 0 Å². The van der Waals surface area contributed by atoms with Gasteiger partial charge in [0.05, 0.1) is 11.3 Å². The zero-order chi connectivity index (χ0) is 17.8. The molecular weight excluding hydrogens is 312 g/mol. The first-order chi connectivity index (χ1) is 12.0. The van der Waals surface area contributed by atoms with Gasteiger partial charge < -0.3 is 4.42 Å². The van der Waals surface area contributed by atoms with E-state index in [1.165, 1.54) is 37.7 Å². The zero-order valence-corrected chi connectivity index (χ0v) is 15.3. The molecule has 0 spiro atoms. The number of nitrogens with zero attached hydrogens (tertiary/aromatic N) is 1. The van der Waals surface area contributed by atoms with E-state index in [1.54, 1.807) is 13.0 Å². The van der Waals surface area contributed by atoms with Crippen molar-refractivity contribution < 1.29 is 9.21 Å². The van der Waals surface area contributed by atoms with Crippen molar-refractivity contribution >= 4 is 11.6 Å². The van der Waals surface area contributed by atoms with Gasteiger partial charge in [-0.25, -0.2) is 5.43 Å². The highest BCUT2D eigenvalue weighted by atomic mass is 16.3. The van der Waals surface area contributed by atoms with E-state index in [9.17, 15) is 4.79 Å². The number of hydrazone groups is 1. The largest absolute Gasteiger partial charge is 0.466 e. The molecule has 1 N–H and O–H groups in total. The van der Waals surface area contributed by atoms with Crippen molar-refractivity contribution in [3.8, 4) is 0 Å². The molecular formula is C21H26N2O2. The van der Waals surface area contributed by atoms with Crippen LogP contribution in [0, 0.1) is 13.8 Å². The van der Waals surface area contributed by atoms with Crippen LogP contribution in [-0.2, 0) is 0 Å². The molecule has 0 saturated heterocycles. The number of rotatable bonds is 4. The summed E-state index contributed by atoms with van der Waals surface area (Å²) in [4.78, 5) is 12.2. The first kappa shape index (κ1) is 17.5. The Morgan fingerprint density at radius 1 is 1.12 bits per heavy atom. The van der Waals surface area contributed by atoms with E-state index in [-0.39, 0.29) is 5.91 Å². The van der Waals surface area contributed by atoms with Crippen molar-refractivity contribution in [3.63, 3.8) is 0 Å². The van der Waals surface area contributed by atoms with Crippen LogP contribution in [0.1, 0.15) is 78.0 Å². The monoisotopic (exact) mass is 338 g/mol. The number of amides is 1. The number of carbonyl (C=O) groups is 1. The molecule has 4 heteroatoms. The van der Waals surface area contributed by atoms with Crippen molar-refractivity contribution in [3.05, 3.63) is 58.5 Å². The summed E-state index contributed by atoms with van der Waals surface area (Å²) in [5.74, 6) is 1.79. The van der Waals surface area contributed by atoms with Gasteiger partial charge in [-0.2, -0.15) is 5.10 Å². The Morgan fingerprint density at radius 3 is 2.40 bits per heavy atom. The lowest BCUT2D eigenvalue weighted by molar-refractivity contribution is 0.0953. The molecule has 4 nitrogen and oxygen atoms in total. The van der Waals surface area contributed by atoms with E-state index in [4.69, 9.17) is 4.42 Å².